The zero-order chi connectivity index (χ0) is 12.2. The van der Waals surface area contributed by atoms with E-state index in [9.17, 15) is 9.18 Å². The summed E-state index contributed by atoms with van der Waals surface area (Å²) in [7, 11) is 0. The van der Waals surface area contributed by atoms with Crippen LogP contribution in [0.3, 0.4) is 0 Å². The first kappa shape index (κ1) is 12.6. The van der Waals surface area contributed by atoms with Crippen LogP contribution < -0.4 is 5.32 Å². The van der Waals surface area contributed by atoms with Crippen molar-refractivity contribution in [2.75, 3.05) is 6.61 Å². The van der Waals surface area contributed by atoms with Gasteiger partial charge in [0.15, 0.2) is 0 Å². The Morgan fingerprint density at radius 3 is 2.88 bits per heavy atom. The van der Waals surface area contributed by atoms with Crippen molar-refractivity contribution >= 4 is 5.91 Å². The van der Waals surface area contributed by atoms with E-state index in [1.807, 2.05) is 0 Å². The molecule has 0 fully saturated rings. The summed E-state index contributed by atoms with van der Waals surface area (Å²) in [6, 6.07) is 2.51. The summed E-state index contributed by atoms with van der Waals surface area (Å²) < 4.78 is 12.8. The molecular weight excluding hydrogens is 211 g/mol. The van der Waals surface area contributed by atoms with Gasteiger partial charge in [-0.25, -0.2) is 4.98 Å². The Morgan fingerprint density at radius 1 is 1.62 bits per heavy atom. The standard InChI is InChI=1S/C11H15FN2O2/c1-11(2,4-6-15)14-10(16)8-3-5-13-9(12)7-8/h3,5,7,15H,4,6H2,1-2H3,(H,14,16). The number of pyridine rings is 1. The molecule has 0 spiro atoms. The molecule has 88 valence electrons. The summed E-state index contributed by atoms with van der Waals surface area (Å²) in [5.41, 5.74) is -0.301. The second-order valence-corrected chi connectivity index (χ2v) is 4.18. The molecule has 5 heteroatoms. The predicted octanol–water partition coefficient (Wildman–Crippen LogP) is 1.11. The van der Waals surface area contributed by atoms with E-state index in [2.05, 4.69) is 10.3 Å². The maximum Gasteiger partial charge on any atom is 0.251 e. The highest BCUT2D eigenvalue weighted by molar-refractivity contribution is 5.94. The van der Waals surface area contributed by atoms with Crippen molar-refractivity contribution in [2.24, 2.45) is 0 Å². The Morgan fingerprint density at radius 2 is 2.31 bits per heavy atom. The molecule has 0 aliphatic heterocycles. The lowest BCUT2D eigenvalue weighted by molar-refractivity contribution is 0.0899. The summed E-state index contributed by atoms with van der Waals surface area (Å²) >= 11 is 0. The molecule has 2 N–H and O–H groups in total. The van der Waals surface area contributed by atoms with E-state index >= 15 is 0 Å². The third-order valence-corrected chi connectivity index (χ3v) is 2.18. The average molecular weight is 226 g/mol. The summed E-state index contributed by atoms with van der Waals surface area (Å²) in [5, 5.41) is 11.5. The molecule has 0 atom stereocenters. The van der Waals surface area contributed by atoms with Crippen LogP contribution in [0.5, 0.6) is 0 Å². The van der Waals surface area contributed by atoms with Gasteiger partial charge in [0.1, 0.15) is 0 Å². The number of carbonyl (C=O) groups excluding carboxylic acids is 1. The van der Waals surface area contributed by atoms with Crippen LogP contribution in [0, 0.1) is 5.95 Å². The number of amides is 1. The number of rotatable bonds is 4. The molecule has 4 nitrogen and oxygen atoms in total. The van der Waals surface area contributed by atoms with E-state index in [-0.39, 0.29) is 18.1 Å². The maximum absolute atomic E-state index is 12.8. The molecule has 0 radical (unpaired) electrons. The summed E-state index contributed by atoms with van der Waals surface area (Å²) in [4.78, 5) is 15.1. The fourth-order valence-electron chi connectivity index (χ4n) is 1.27. The third-order valence-electron chi connectivity index (χ3n) is 2.18. The number of aliphatic hydroxyl groups is 1. The molecule has 0 saturated heterocycles. The van der Waals surface area contributed by atoms with Gasteiger partial charge in [-0.1, -0.05) is 0 Å². The van der Waals surface area contributed by atoms with Crippen LogP contribution in [0.4, 0.5) is 4.39 Å². The molecule has 1 aromatic rings. The topological polar surface area (TPSA) is 62.2 Å². The van der Waals surface area contributed by atoms with Gasteiger partial charge in [-0.15, -0.1) is 0 Å². The highest BCUT2D eigenvalue weighted by Gasteiger charge is 2.20. The van der Waals surface area contributed by atoms with E-state index in [0.29, 0.717) is 6.42 Å². The molecule has 0 bridgehead atoms. The van der Waals surface area contributed by atoms with Crippen LogP contribution in [0.2, 0.25) is 0 Å². The van der Waals surface area contributed by atoms with Gasteiger partial charge in [0, 0.05) is 30.0 Å². The Labute approximate surface area is 93.5 Å². The molecule has 0 aromatic carbocycles. The number of aromatic nitrogens is 1. The fraction of sp³-hybridized carbons (Fsp3) is 0.455. The first-order valence-electron chi connectivity index (χ1n) is 4.99. The number of hydrogen-bond acceptors (Lipinski definition) is 3. The van der Waals surface area contributed by atoms with Gasteiger partial charge in [0.05, 0.1) is 0 Å². The van der Waals surface area contributed by atoms with Crippen LogP contribution in [-0.4, -0.2) is 28.1 Å². The molecule has 1 aromatic heterocycles. The summed E-state index contributed by atoms with van der Waals surface area (Å²) in [5.74, 6) is -1.06. The van der Waals surface area contributed by atoms with E-state index in [1.54, 1.807) is 13.8 Å². The number of nitrogens with one attached hydrogen (secondary N) is 1. The number of halogens is 1. The van der Waals surface area contributed by atoms with E-state index in [1.165, 1.54) is 12.3 Å². The van der Waals surface area contributed by atoms with Gasteiger partial charge in [-0.05, 0) is 26.3 Å². The van der Waals surface area contributed by atoms with Crippen molar-refractivity contribution in [2.45, 2.75) is 25.8 Å². The van der Waals surface area contributed by atoms with Gasteiger partial charge in [-0.2, -0.15) is 4.39 Å². The number of nitrogens with zero attached hydrogens (tertiary/aromatic N) is 1. The lowest BCUT2D eigenvalue weighted by atomic mass is 10.0. The molecule has 16 heavy (non-hydrogen) atoms. The molecule has 0 saturated carbocycles. The Bertz CT molecular complexity index is 380. The first-order valence-corrected chi connectivity index (χ1v) is 4.99. The SMILES string of the molecule is CC(C)(CCO)NC(=O)c1ccnc(F)c1. The maximum atomic E-state index is 12.8. The van der Waals surface area contributed by atoms with Crippen LogP contribution in [-0.2, 0) is 0 Å². The second-order valence-electron chi connectivity index (χ2n) is 4.18. The van der Waals surface area contributed by atoms with E-state index in [4.69, 9.17) is 5.11 Å². The Hall–Kier alpha value is -1.49. The van der Waals surface area contributed by atoms with Gasteiger partial charge < -0.3 is 10.4 Å². The minimum atomic E-state index is -0.687. The minimum absolute atomic E-state index is 0.0159. The Kier molecular flexibility index (Phi) is 3.95. The lowest BCUT2D eigenvalue weighted by Gasteiger charge is -2.25. The minimum Gasteiger partial charge on any atom is -0.396 e. The highest BCUT2D eigenvalue weighted by Crippen LogP contribution is 2.09. The zero-order valence-corrected chi connectivity index (χ0v) is 9.33. The molecule has 0 aliphatic carbocycles. The summed E-state index contributed by atoms with van der Waals surface area (Å²) in [6.07, 6.45) is 1.68. The molecular formula is C11H15FN2O2. The normalized spacial score (nSPS) is 11.2. The monoisotopic (exact) mass is 226 g/mol. The molecule has 1 amide bonds. The van der Waals surface area contributed by atoms with Crippen molar-refractivity contribution in [3.8, 4) is 0 Å². The van der Waals surface area contributed by atoms with Gasteiger partial charge in [-0.3, -0.25) is 4.79 Å². The van der Waals surface area contributed by atoms with Crippen molar-refractivity contribution < 1.29 is 14.3 Å². The van der Waals surface area contributed by atoms with Crippen molar-refractivity contribution in [1.82, 2.24) is 10.3 Å². The molecule has 1 rings (SSSR count). The van der Waals surface area contributed by atoms with Crippen molar-refractivity contribution in [1.29, 1.82) is 0 Å². The van der Waals surface area contributed by atoms with Crippen LogP contribution in [0.25, 0.3) is 0 Å². The van der Waals surface area contributed by atoms with Gasteiger partial charge in [0.2, 0.25) is 5.95 Å². The summed E-state index contributed by atoms with van der Waals surface area (Å²) in [6.45, 7) is 3.56. The van der Waals surface area contributed by atoms with Crippen LogP contribution in [0.15, 0.2) is 18.3 Å². The highest BCUT2D eigenvalue weighted by atomic mass is 19.1. The van der Waals surface area contributed by atoms with Crippen LogP contribution in [0.1, 0.15) is 30.6 Å². The molecule has 0 aliphatic rings. The quantitative estimate of drug-likeness (QED) is 0.756. The van der Waals surface area contributed by atoms with E-state index in [0.717, 1.165) is 6.07 Å². The lowest BCUT2D eigenvalue weighted by Crippen LogP contribution is -2.44. The van der Waals surface area contributed by atoms with Gasteiger partial charge in [0.25, 0.3) is 5.91 Å². The number of carbonyl (C=O) groups is 1. The second kappa shape index (κ2) is 5.03. The van der Waals surface area contributed by atoms with Crippen molar-refractivity contribution in [3.05, 3.63) is 29.8 Å². The van der Waals surface area contributed by atoms with Crippen LogP contribution >= 0.6 is 0 Å². The largest absolute Gasteiger partial charge is 0.396 e. The van der Waals surface area contributed by atoms with E-state index < -0.39 is 11.5 Å². The smallest absolute Gasteiger partial charge is 0.251 e. The predicted molar refractivity (Wildman–Crippen MR) is 57.4 cm³/mol. The van der Waals surface area contributed by atoms with Gasteiger partial charge >= 0.3 is 0 Å². The number of hydrogen-bond donors (Lipinski definition) is 2. The molecule has 0 unspecified atom stereocenters. The number of aliphatic hydroxyl groups excluding tert-OH is 1. The first-order chi connectivity index (χ1) is 7.44. The van der Waals surface area contributed by atoms with Crippen molar-refractivity contribution in [3.63, 3.8) is 0 Å². The fourth-order valence-corrected chi connectivity index (χ4v) is 1.27. The Balaban J connectivity index is 2.72. The molecule has 1 heterocycles. The third kappa shape index (κ3) is 3.58. The zero-order valence-electron chi connectivity index (χ0n) is 9.33. The average Bonchev–Trinajstić information content (AvgIpc) is 2.16.